The van der Waals surface area contributed by atoms with Crippen molar-refractivity contribution in [2.75, 3.05) is 4.90 Å². The number of fused-ring (bicyclic) bond motifs is 2. The molecule has 0 aliphatic carbocycles. The van der Waals surface area contributed by atoms with E-state index in [0.717, 1.165) is 22.4 Å². The third-order valence-electron chi connectivity index (χ3n) is 5.48. The lowest BCUT2D eigenvalue weighted by Crippen LogP contribution is -2.32. The Morgan fingerprint density at radius 2 is 1.79 bits per heavy atom. The van der Waals surface area contributed by atoms with Crippen LogP contribution in [-0.2, 0) is 11.3 Å². The number of amides is 1. The molecule has 1 aliphatic rings. The van der Waals surface area contributed by atoms with Gasteiger partial charge in [0, 0.05) is 28.5 Å². The van der Waals surface area contributed by atoms with Crippen molar-refractivity contribution in [3.05, 3.63) is 104 Å². The molecule has 1 aliphatic heterocycles. The Bertz CT molecular complexity index is 1640. The molecule has 2 aromatic carbocycles. The number of anilines is 1. The van der Waals surface area contributed by atoms with Crippen LogP contribution < -0.4 is 15.0 Å². The number of rotatable bonds is 3. The Morgan fingerprint density at radius 1 is 0.970 bits per heavy atom. The first-order valence-electron chi connectivity index (χ1n) is 10.1. The van der Waals surface area contributed by atoms with Gasteiger partial charge in [-0.05, 0) is 35.9 Å². The third-order valence-corrected chi connectivity index (χ3v) is 6.76. The average Bonchev–Trinajstić information content (AvgIpc) is 3.47. The predicted octanol–water partition coefficient (Wildman–Crippen LogP) is 3.33. The van der Waals surface area contributed by atoms with Crippen LogP contribution >= 0.6 is 22.9 Å². The number of halogens is 1. The summed E-state index contributed by atoms with van der Waals surface area (Å²) in [5.74, 6) is 0.200. The Labute approximate surface area is 196 Å². The van der Waals surface area contributed by atoms with Crippen molar-refractivity contribution >= 4 is 45.1 Å². The number of aromatic nitrogens is 4. The van der Waals surface area contributed by atoms with Gasteiger partial charge in [-0.3, -0.25) is 14.6 Å². The van der Waals surface area contributed by atoms with Crippen LogP contribution in [0.5, 0.6) is 0 Å². The van der Waals surface area contributed by atoms with E-state index < -0.39 is 0 Å². The van der Waals surface area contributed by atoms with Crippen LogP contribution in [0, 0.1) is 0 Å². The summed E-state index contributed by atoms with van der Waals surface area (Å²) in [4.78, 5) is 37.5. The summed E-state index contributed by atoms with van der Waals surface area (Å²) in [7, 11) is 0. The number of carbonyl (C=O) groups excluding carboxylic acids is 1. The van der Waals surface area contributed by atoms with Crippen molar-refractivity contribution in [3.8, 4) is 11.4 Å². The van der Waals surface area contributed by atoms with E-state index >= 15 is 0 Å². The Balaban J connectivity index is 1.49. The number of pyridine rings is 1. The summed E-state index contributed by atoms with van der Waals surface area (Å²) < 4.78 is 1.59. The summed E-state index contributed by atoms with van der Waals surface area (Å²) in [5.41, 5.74) is 3.18. The molecule has 0 saturated carbocycles. The molecule has 160 valence electrons. The molecule has 0 spiro atoms. The number of nitrogens with zero attached hydrogens (tertiary/aromatic N) is 5. The van der Waals surface area contributed by atoms with Gasteiger partial charge >= 0.3 is 0 Å². The fraction of sp³-hybridized carbons (Fsp3) is 0.0417. The van der Waals surface area contributed by atoms with Gasteiger partial charge in [-0.15, -0.1) is 5.10 Å². The third kappa shape index (κ3) is 3.23. The first kappa shape index (κ1) is 19.8. The normalized spacial score (nSPS) is 14.8. The van der Waals surface area contributed by atoms with E-state index in [2.05, 4.69) is 15.1 Å². The van der Waals surface area contributed by atoms with E-state index in [1.165, 1.54) is 15.9 Å². The number of carbonyl (C=O) groups is 1. The van der Waals surface area contributed by atoms with Crippen molar-refractivity contribution in [3.63, 3.8) is 0 Å². The van der Waals surface area contributed by atoms with Crippen molar-refractivity contribution in [2.24, 2.45) is 0 Å². The average molecular weight is 472 g/mol. The van der Waals surface area contributed by atoms with Gasteiger partial charge in [0.1, 0.15) is 4.53 Å². The minimum atomic E-state index is -0.357. The van der Waals surface area contributed by atoms with E-state index in [0.29, 0.717) is 32.5 Å². The fourth-order valence-electron chi connectivity index (χ4n) is 3.93. The summed E-state index contributed by atoms with van der Waals surface area (Å²) in [6, 6.07) is 18.5. The molecule has 33 heavy (non-hydrogen) atoms. The highest BCUT2D eigenvalue weighted by atomic mass is 35.5. The second kappa shape index (κ2) is 7.61. The van der Waals surface area contributed by atoms with Crippen molar-refractivity contribution in [2.45, 2.75) is 6.54 Å². The SMILES string of the molecule is O=C1/C(=c2\sc3nc(-c4cccnc4)nn3c2=O)c2ccccc2N1Cc1ccc(Cl)cc1. The predicted molar refractivity (Wildman–Crippen MR) is 127 cm³/mol. The maximum absolute atomic E-state index is 13.5. The van der Waals surface area contributed by atoms with Crippen molar-refractivity contribution < 1.29 is 4.79 Å². The highest BCUT2D eigenvalue weighted by molar-refractivity contribution is 7.15. The van der Waals surface area contributed by atoms with Crippen LogP contribution in [0.2, 0.25) is 5.02 Å². The lowest BCUT2D eigenvalue weighted by atomic mass is 10.1. The van der Waals surface area contributed by atoms with Gasteiger partial charge in [0.2, 0.25) is 4.96 Å². The smallest absolute Gasteiger partial charge is 0.291 e. The molecule has 1 amide bonds. The Hall–Kier alpha value is -3.88. The van der Waals surface area contributed by atoms with Gasteiger partial charge in [-0.25, -0.2) is 0 Å². The zero-order valence-electron chi connectivity index (χ0n) is 17.0. The topological polar surface area (TPSA) is 80.5 Å². The zero-order chi connectivity index (χ0) is 22.5. The molecule has 0 bridgehead atoms. The number of hydrogen-bond acceptors (Lipinski definition) is 6. The molecular weight excluding hydrogens is 458 g/mol. The van der Waals surface area contributed by atoms with Crippen LogP contribution in [0.15, 0.2) is 77.9 Å². The van der Waals surface area contributed by atoms with E-state index in [-0.39, 0.29) is 11.5 Å². The minimum absolute atomic E-state index is 0.222. The van der Waals surface area contributed by atoms with Crippen molar-refractivity contribution in [1.29, 1.82) is 0 Å². The maximum Gasteiger partial charge on any atom is 0.291 e. The number of hydrogen-bond donors (Lipinski definition) is 0. The highest BCUT2D eigenvalue weighted by Gasteiger charge is 2.34. The second-order valence-corrected chi connectivity index (χ2v) is 8.93. The highest BCUT2D eigenvalue weighted by Crippen LogP contribution is 2.36. The molecule has 5 aromatic rings. The van der Waals surface area contributed by atoms with E-state index in [1.807, 2.05) is 42.5 Å². The quantitative estimate of drug-likeness (QED) is 0.403. The molecule has 0 atom stereocenters. The molecule has 0 radical (unpaired) electrons. The summed E-state index contributed by atoms with van der Waals surface area (Å²) in [6.45, 7) is 0.372. The Kier molecular flexibility index (Phi) is 4.56. The van der Waals surface area contributed by atoms with Crippen LogP contribution in [0.3, 0.4) is 0 Å². The number of benzene rings is 2. The second-order valence-electron chi connectivity index (χ2n) is 7.52. The number of para-hydroxylation sites is 1. The molecule has 0 fully saturated rings. The first-order chi connectivity index (χ1) is 16.1. The van der Waals surface area contributed by atoms with E-state index in [4.69, 9.17) is 11.6 Å². The molecular formula is C24H14ClN5O2S. The molecule has 7 nitrogen and oxygen atoms in total. The van der Waals surface area contributed by atoms with E-state index in [9.17, 15) is 9.59 Å². The molecule has 0 saturated heterocycles. The first-order valence-corrected chi connectivity index (χ1v) is 11.3. The standard InChI is InChI=1S/C24H14ClN5O2S/c25-16-9-7-14(8-10-16)13-29-18-6-2-1-5-17(18)19(22(29)31)20-23(32)30-24(33-20)27-21(28-30)15-4-3-11-26-12-15/h1-12H,13H2/b20-19-. The summed E-state index contributed by atoms with van der Waals surface area (Å²) in [5, 5.41) is 5.00. The monoisotopic (exact) mass is 471 g/mol. The molecule has 0 N–H and O–H groups in total. The lowest BCUT2D eigenvalue weighted by molar-refractivity contribution is -0.113. The van der Waals surface area contributed by atoms with Gasteiger partial charge in [-0.2, -0.15) is 9.50 Å². The lowest BCUT2D eigenvalue weighted by Gasteiger charge is -2.17. The fourth-order valence-corrected chi connectivity index (χ4v) is 5.06. The van der Waals surface area contributed by atoms with Gasteiger partial charge in [0.15, 0.2) is 5.82 Å². The number of thiazole rings is 1. The van der Waals surface area contributed by atoms with Gasteiger partial charge < -0.3 is 4.90 Å². The van der Waals surface area contributed by atoms with E-state index in [1.54, 1.807) is 35.5 Å². The van der Waals surface area contributed by atoms with Crippen molar-refractivity contribution in [1.82, 2.24) is 19.6 Å². The molecule has 4 heterocycles. The van der Waals surface area contributed by atoms with Crippen LogP contribution in [-0.4, -0.2) is 25.5 Å². The van der Waals surface area contributed by atoms with Gasteiger partial charge in [0.05, 0.1) is 17.8 Å². The largest absolute Gasteiger partial charge is 0.303 e. The van der Waals surface area contributed by atoms with Crippen LogP contribution in [0.4, 0.5) is 5.69 Å². The summed E-state index contributed by atoms with van der Waals surface area (Å²) in [6.07, 6.45) is 3.31. The molecule has 3 aromatic heterocycles. The van der Waals surface area contributed by atoms with Gasteiger partial charge in [0.25, 0.3) is 11.5 Å². The van der Waals surface area contributed by atoms with Crippen LogP contribution in [0.25, 0.3) is 21.9 Å². The van der Waals surface area contributed by atoms with Gasteiger partial charge in [-0.1, -0.05) is 53.3 Å². The van der Waals surface area contributed by atoms with Crippen LogP contribution in [0.1, 0.15) is 11.1 Å². The maximum atomic E-state index is 13.5. The molecule has 6 rings (SSSR count). The Morgan fingerprint density at radius 3 is 2.55 bits per heavy atom. The molecule has 0 unspecified atom stereocenters. The summed E-state index contributed by atoms with van der Waals surface area (Å²) >= 11 is 7.17. The molecule has 9 heteroatoms. The zero-order valence-corrected chi connectivity index (χ0v) is 18.5. The minimum Gasteiger partial charge on any atom is -0.303 e.